The quantitative estimate of drug-likeness (QED) is 0.807. The maximum Gasteiger partial charge on any atom is 0.408 e. The molecule has 1 aliphatic heterocycles. The van der Waals surface area contributed by atoms with E-state index < -0.39 is 18.1 Å². The molecule has 1 aliphatic rings. The molecule has 0 spiro atoms. The molecule has 0 bridgehead atoms. The highest BCUT2D eigenvalue weighted by atomic mass is 35.5. The Balaban J connectivity index is 0.00000261. The SMILES string of the molecule is Cl.O=C(NC(Cc1ccccc1)C(F)(F)F)c1ccn(C2CCCNC2)n1. The van der Waals surface area contributed by atoms with Gasteiger partial charge in [0.2, 0.25) is 0 Å². The van der Waals surface area contributed by atoms with Crippen molar-refractivity contribution in [1.29, 1.82) is 0 Å². The lowest BCUT2D eigenvalue weighted by Gasteiger charge is -2.23. The zero-order valence-electron chi connectivity index (χ0n) is 14.6. The lowest BCUT2D eigenvalue weighted by molar-refractivity contribution is -0.153. The summed E-state index contributed by atoms with van der Waals surface area (Å²) in [6.45, 7) is 1.68. The largest absolute Gasteiger partial charge is 0.408 e. The predicted octanol–water partition coefficient (Wildman–Crippen LogP) is 3.13. The molecule has 0 saturated carbocycles. The first-order valence-electron chi connectivity index (χ1n) is 8.61. The second kappa shape index (κ2) is 9.23. The standard InChI is InChI=1S/C18H21F3N4O.ClH/c19-18(20,21)16(11-13-5-2-1-3-6-13)23-17(26)15-8-10-25(24-15)14-7-4-9-22-12-14;/h1-3,5-6,8,10,14,16,22H,4,7,9,11-12H2,(H,23,26);1H. The van der Waals surface area contributed by atoms with E-state index in [1.807, 2.05) is 0 Å². The summed E-state index contributed by atoms with van der Waals surface area (Å²) in [5.74, 6) is -0.814. The minimum absolute atomic E-state index is 0. The second-order valence-electron chi connectivity index (χ2n) is 6.44. The van der Waals surface area contributed by atoms with Crippen molar-refractivity contribution in [2.75, 3.05) is 13.1 Å². The molecule has 2 heterocycles. The van der Waals surface area contributed by atoms with E-state index >= 15 is 0 Å². The van der Waals surface area contributed by atoms with E-state index in [4.69, 9.17) is 0 Å². The number of nitrogens with one attached hydrogen (secondary N) is 2. The molecule has 1 saturated heterocycles. The van der Waals surface area contributed by atoms with Gasteiger partial charge in [-0.15, -0.1) is 12.4 Å². The smallest absolute Gasteiger partial charge is 0.339 e. The van der Waals surface area contributed by atoms with Gasteiger partial charge < -0.3 is 10.6 Å². The highest BCUT2D eigenvalue weighted by molar-refractivity contribution is 5.92. The minimum Gasteiger partial charge on any atom is -0.339 e. The summed E-state index contributed by atoms with van der Waals surface area (Å²) in [5, 5.41) is 9.50. The van der Waals surface area contributed by atoms with Gasteiger partial charge in [-0.05, 0) is 31.0 Å². The minimum atomic E-state index is -4.54. The summed E-state index contributed by atoms with van der Waals surface area (Å²) in [7, 11) is 0. The number of benzene rings is 1. The van der Waals surface area contributed by atoms with Crippen molar-refractivity contribution in [3.8, 4) is 0 Å². The molecule has 1 amide bonds. The van der Waals surface area contributed by atoms with E-state index in [2.05, 4.69) is 15.7 Å². The number of nitrogens with zero attached hydrogens (tertiary/aromatic N) is 2. The Morgan fingerprint density at radius 3 is 2.67 bits per heavy atom. The van der Waals surface area contributed by atoms with Gasteiger partial charge in [-0.25, -0.2) is 0 Å². The van der Waals surface area contributed by atoms with Crippen molar-refractivity contribution in [2.24, 2.45) is 0 Å². The molecule has 9 heteroatoms. The zero-order chi connectivity index (χ0) is 18.6. The highest BCUT2D eigenvalue weighted by Gasteiger charge is 2.41. The Morgan fingerprint density at radius 1 is 1.30 bits per heavy atom. The molecule has 148 valence electrons. The van der Waals surface area contributed by atoms with E-state index in [0.29, 0.717) is 5.56 Å². The fourth-order valence-electron chi connectivity index (χ4n) is 3.05. The molecule has 2 N–H and O–H groups in total. The van der Waals surface area contributed by atoms with Gasteiger partial charge in [0, 0.05) is 19.2 Å². The Bertz CT molecular complexity index is 730. The summed E-state index contributed by atoms with van der Waals surface area (Å²) in [5.41, 5.74) is 0.506. The zero-order valence-corrected chi connectivity index (χ0v) is 15.4. The molecule has 1 fully saturated rings. The number of hydrogen-bond acceptors (Lipinski definition) is 3. The lowest BCUT2D eigenvalue weighted by atomic mass is 10.1. The van der Waals surface area contributed by atoms with E-state index in [1.54, 1.807) is 41.2 Å². The third-order valence-corrected chi connectivity index (χ3v) is 4.47. The molecule has 5 nitrogen and oxygen atoms in total. The number of alkyl halides is 3. The summed E-state index contributed by atoms with van der Waals surface area (Å²) in [4.78, 5) is 12.3. The Hall–Kier alpha value is -2.06. The van der Waals surface area contributed by atoms with Crippen molar-refractivity contribution in [3.63, 3.8) is 0 Å². The van der Waals surface area contributed by atoms with E-state index in [0.717, 1.165) is 25.9 Å². The lowest BCUT2D eigenvalue weighted by Crippen LogP contribution is -2.47. The van der Waals surface area contributed by atoms with Crippen LogP contribution in [0.15, 0.2) is 42.6 Å². The van der Waals surface area contributed by atoms with Crippen LogP contribution in [-0.2, 0) is 6.42 Å². The number of carbonyl (C=O) groups excluding carboxylic acids is 1. The molecular weight excluding hydrogens is 381 g/mol. The van der Waals surface area contributed by atoms with E-state index in [9.17, 15) is 18.0 Å². The van der Waals surface area contributed by atoms with Gasteiger partial charge in [-0.1, -0.05) is 30.3 Å². The predicted molar refractivity (Wildman–Crippen MR) is 98.1 cm³/mol. The van der Waals surface area contributed by atoms with Gasteiger partial charge in [-0.3, -0.25) is 9.48 Å². The first-order chi connectivity index (χ1) is 12.4. The molecule has 1 aromatic heterocycles. The van der Waals surface area contributed by atoms with Gasteiger partial charge in [0.15, 0.2) is 0 Å². The van der Waals surface area contributed by atoms with Crippen molar-refractivity contribution in [3.05, 3.63) is 53.9 Å². The molecule has 2 atom stereocenters. The summed E-state index contributed by atoms with van der Waals surface area (Å²) in [6, 6.07) is 7.91. The van der Waals surface area contributed by atoms with Gasteiger partial charge >= 0.3 is 6.18 Å². The Morgan fingerprint density at radius 2 is 2.04 bits per heavy atom. The Labute approximate surface area is 161 Å². The van der Waals surface area contributed by atoms with Crippen LogP contribution in [0.3, 0.4) is 0 Å². The van der Waals surface area contributed by atoms with Crippen LogP contribution in [0.25, 0.3) is 0 Å². The van der Waals surface area contributed by atoms with Crippen LogP contribution in [-0.4, -0.2) is 41.0 Å². The number of rotatable bonds is 5. The van der Waals surface area contributed by atoms with Gasteiger partial charge in [-0.2, -0.15) is 18.3 Å². The fourth-order valence-corrected chi connectivity index (χ4v) is 3.05. The average Bonchev–Trinajstić information content (AvgIpc) is 3.12. The number of piperidine rings is 1. The summed E-state index contributed by atoms with van der Waals surface area (Å²) in [6.07, 6.45) is -1.29. The topological polar surface area (TPSA) is 59.0 Å². The second-order valence-corrected chi connectivity index (χ2v) is 6.44. The Kier molecular flexibility index (Phi) is 7.26. The first kappa shape index (κ1) is 21.2. The highest BCUT2D eigenvalue weighted by Crippen LogP contribution is 2.24. The van der Waals surface area contributed by atoms with Gasteiger partial charge in [0.1, 0.15) is 11.7 Å². The molecule has 0 aliphatic carbocycles. The van der Waals surface area contributed by atoms with Crippen molar-refractivity contribution in [1.82, 2.24) is 20.4 Å². The molecule has 3 rings (SSSR count). The van der Waals surface area contributed by atoms with Crippen molar-refractivity contribution < 1.29 is 18.0 Å². The van der Waals surface area contributed by atoms with Crippen LogP contribution in [0.2, 0.25) is 0 Å². The monoisotopic (exact) mass is 402 g/mol. The molecule has 2 unspecified atom stereocenters. The van der Waals surface area contributed by atoms with Crippen LogP contribution < -0.4 is 10.6 Å². The number of amides is 1. The molecule has 27 heavy (non-hydrogen) atoms. The first-order valence-corrected chi connectivity index (χ1v) is 8.61. The maximum atomic E-state index is 13.3. The number of carbonyl (C=O) groups is 1. The summed E-state index contributed by atoms with van der Waals surface area (Å²) < 4.78 is 41.6. The van der Waals surface area contributed by atoms with Gasteiger partial charge in [0.05, 0.1) is 6.04 Å². The fraction of sp³-hybridized carbons (Fsp3) is 0.444. The van der Waals surface area contributed by atoms with Crippen LogP contribution in [0.1, 0.15) is 34.9 Å². The van der Waals surface area contributed by atoms with Crippen molar-refractivity contribution >= 4 is 18.3 Å². The molecule has 0 radical (unpaired) electrons. The molecular formula is C18H22ClF3N4O. The number of hydrogen-bond donors (Lipinski definition) is 2. The number of aromatic nitrogens is 2. The van der Waals surface area contributed by atoms with Crippen molar-refractivity contribution in [2.45, 2.75) is 37.5 Å². The third kappa shape index (κ3) is 5.71. The van der Waals surface area contributed by atoms with Crippen LogP contribution in [0.5, 0.6) is 0 Å². The normalized spacial score (nSPS) is 18.4. The molecule has 1 aromatic carbocycles. The van der Waals surface area contributed by atoms with Crippen LogP contribution in [0, 0.1) is 0 Å². The molecule has 2 aromatic rings. The van der Waals surface area contributed by atoms with Crippen LogP contribution in [0.4, 0.5) is 13.2 Å². The maximum absolute atomic E-state index is 13.3. The van der Waals surface area contributed by atoms with E-state index in [1.165, 1.54) is 6.07 Å². The average molecular weight is 403 g/mol. The number of halogens is 4. The summed E-state index contributed by atoms with van der Waals surface area (Å²) >= 11 is 0. The van der Waals surface area contributed by atoms with Gasteiger partial charge in [0.25, 0.3) is 5.91 Å². The van der Waals surface area contributed by atoms with E-state index in [-0.39, 0.29) is 30.6 Å². The van der Waals surface area contributed by atoms with Crippen LogP contribution >= 0.6 is 12.4 Å². The third-order valence-electron chi connectivity index (χ3n) is 4.47.